The van der Waals surface area contributed by atoms with Gasteiger partial charge in [0.15, 0.2) is 18.9 Å². The predicted molar refractivity (Wildman–Crippen MR) is 223 cm³/mol. The van der Waals surface area contributed by atoms with Crippen LogP contribution in [0.2, 0.25) is 0 Å². The first-order valence-electron chi connectivity index (χ1n) is 23.6. The maximum atomic E-state index is 13.1. The van der Waals surface area contributed by atoms with Crippen molar-refractivity contribution < 1.29 is 79.2 Å². The highest BCUT2D eigenvalue weighted by Crippen LogP contribution is 2.76. The van der Waals surface area contributed by atoms with E-state index in [-0.39, 0.29) is 46.2 Å². The molecule has 0 aromatic carbocycles. The smallest absolute Gasteiger partial charge is 0.310 e. The Kier molecular flexibility index (Phi) is 12.8. The number of fused-ring (bicyclic) bond motifs is 7. The first-order valence-corrected chi connectivity index (χ1v) is 23.6. The van der Waals surface area contributed by atoms with Crippen LogP contribution < -0.4 is 0 Å². The number of carboxylic acids is 1. The summed E-state index contributed by atoms with van der Waals surface area (Å²) in [7, 11) is 0. The maximum absolute atomic E-state index is 13.1. The number of rotatable bonds is 8. The molecule has 4 saturated carbocycles. The maximum Gasteiger partial charge on any atom is 0.310 e. The van der Waals surface area contributed by atoms with Gasteiger partial charge in [0.25, 0.3) is 0 Å². The second-order valence-electron chi connectivity index (χ2n) is 23.0. The third-order valence-corrected chi connectivity index (χ3v) is 19.0. The Bertz CT molecular complexity index is 1720. The molecule has 0 amide bonds. The number of aliphatic carboxylic acids is 1. The van der Waals surface area contributed by atoms with E-state index in [2.05, 4.69) is 54.5 Å². The lowest BCUT2D eigenvalue weighted by Crippen LogP contribution is -2.66. The van der Waals surface area contributed by atoms with Crippen molar-refractivity contribution in [1.82, 2.24) is 0 Å². The number of carbonyl (C=O) groups is 1. The molecule has 22 atom stereocenters. The van der Waals surface area contributed by atoms with Gasteiger partial charge in [0.05, 0.1) is 30.8 Å². The zero-order valence-corrected chi connectivity index (χ0v) is 38.3. The summed E-state index contributed by atoms with van der Waals surface area (Å²) < 4.78 is 36.7. The van der Waals surface area contributed by atoms with Crippen molar-refractivity contribution in [3.8, 4) is 0 Å². The van der Waals surface area contributed by atoms with Crippen molar-refractivity contribution >= 4 is 5.97 Å². The van der Waals surface area contributed by atoms with E-state index in [1.54, 1.807) is 0 Å². The second-order valence-corrected chi connectivity index (χ2v) is 23.0. The van der Waals surface area contributed by atoms with E-state index in [1.807, 2.05) is 0 Å². The minimum Gasteiger partial charge on any atom is -0.481 e. The molecule has 5 aliphatic carbocycles. The van der Waals surface area contributed by atoms with Gasteiger partial charge >= 0.3 is 5.97 Å². The largest absolute Gasteiger partial charge is 0.481 e. The number of hydrogen-bond acceptors (Lipinski definition) is 15. The highest BCUT2D eigenvalue weighted by molar-refractivity contribution is 5.76. The highest BCUT2D eigenvalue weighted by Gasteiger charge is 2.70. The van der Waals surface area contributed by atoms with Crippen molar-refractivity contribution in [2.75, 3.05) is 13.2 Å². The first-order chi connectivity index (χ1) is 29.4. The van der Waals surface area contributed by atoms with Crippen molar-refractivity contribution in [3.05, 3.63) is 11.6 Å². The Morgan fingerprint density at radius 2 is 1.37 bits per heavy atom. The highest BCUT2D eigenvalue weighted by atomic mass is 16.8. The summed E-state index contributed by atoms with van der Waals surface area (Å²) in [5.41, 5.74) is 0.113. The molecule has 16 nitrogen and oxygen atoms in total. The van der Waals surface area contributed by atoms with Crippen molar-refractivity contribution in [1.29, 1.82) is 0 Å². The fourth-order valence-corrected chi connectivity index (χ4v) is 14.8. The van der Waals surface area contributed by atoms with Crippen LogP contribution in [-0.2, 0) is 33.2 Å². The van der Waals surface area contributed by atoms with Crippen molar-refractivity contribution in [2.45, 2.75) is 212 Å². The van der Waals surface area contributed by atoms with Gasteiger partial charge in [-0.2, -0.15) is 0 Å². The molecule has 3 saturated heterocycles. The van der Waals surface area contributed by atoms with E-state index >= 15 is 0 Å². The zero-order chi connectivity index (χ0) is 46.0. The van der Waals surface area contributed by atoms with Crippen molar-refractivity contribution in [3.63, 3.8) is 0 Å². The van der Waals surface area contributed by atoms with Gasteiger partial charge in [-0.25, -0.2) is 0 Å². The molecule has 7 fully saturated rings. The van der Waals surface area contributed by atoms with Gasteiger partial charge in [-0.15, -0.1) is 0 Å². The van der Waals surface area contributed by atoms with Crippen LogP contribution in [0.25, 0.3) is 0 Å². The molecule has 0 aromatic heterocycles. The summed E-state index contributed by atoms with van der Waals surface area (Å²) in [6.07, 6.45) is -10.1. The summed E-state index contributed by atoms with van der Waals surface area (Å²) >= 11 is 0. The fourth-order valence-electron chi connectivity index (χ4n) is 14.8. The number of carboxylic acid groups (broad SMARTS) is 1. The normalized spacial score (nSPS) is 54.1. The minimum absolute atomic E-state index is 0.0289. The van der Waals surface area contributed by atoms with Crippen LogP contribution in [-0.4, -0.2) is 157 Å². The molecule has 360 valence electrons. The Labute approximate surface area is 371 Å². The average molecular weight is 897 g/mol. The van der Waals surface area contributed by atoms with Crippen LogP contribution in [0.3, 0.4) is 0 Å². The number of aliphatic hydroxyl groups excluding tert-OH is 8. The molecule has 3 heterocycles. The van der Waals surface area contributed by atoms with Gasteiger partial charge < -0.3 is 74.4 Å². The number of allylic oxidation sites excluding steroid dienone is 2. The lowest BCUT2D eigenvalue weighted by molar-refractivity contribution is -0.380. The minimum atomic E-state index is -1.75. The summed E-state index contributed by atoms with van der Waals surface area (Å²) in [6, 6.07) is 0. The lowest BCUT2D eigenvalue weighted by atomic mass is 9.33. The quantitative estimate of drug-likeness (QED) is 0.125. The Balaban J connectivity index is 1.04. The summed E-state index contributed by atoms with van der Waals surface area (Å²) in [5, 5.41) is 96.0. The van der Waals surface area contributed by atoms with Crippen LogP contribution in [0.1, 0.15) is 120 Å². The standard InChI is InChI=1S/C47H76O16/c1-22-30(49)33(52)35(54)38(59-22)63-37-32(51)26(61-39-36(55)34(53)31(50)25(20-48)60-39)21-58-40(37)62-29-12-13-44(6)27(43(29,4)5)11-14-46(8)28(44)10-9-23-24-19-42(2,3)15-17-47(24,41(56)57)18-16-45(23,46)7/h9,22,24-40,48-55H,10-21H2,1-8H3,(H,56,57)/t22-,24-,25+,26-,27-,28-,29-,30-,31+,32+,33-,34-,35-,36+,37+,38+,39-,40+,44+,45+,46-,47-/m1/s1. The number of hydrogen-bond donors (Lipinski definition) is 9. The molecule has 9 N–H and O–H groups in total. The molecule has 0 bridgehead atoms. The van der Waals surface area contributed by atoms with Gasteiger partial charge in [0.2, 0.25) is 0 Å². The number of ether oxygens (including phenoxy) is 6. The molecule has 8 rings (SSSR count). The van der Waals surface area contributed by atoms with Crippen molar-refractivity contribution in [2.24, 2.45) is 50.2 Å². The van der Waals surface area contributed by atoms with Gasteiger partial charge in [-0.05, 0) is 116 Å². The van der Waals surface area contributed by atoms with Gasteiger partial charge in [-0.3, -0.25) is 4.79 Å². The molecule has 0 unspecified atom stereocenters. The molecule has 16 heteroatoms. The SMILES string of the molecule is C[C@H]1O[C@@H](O[C@@H]2[C@H](O[C@@H]3CC[C@@]4(C)[C@H](CC[C@]5(C)[C@@H]4CC=C4[C@H]6CC(C)(C)CC[C@@]6(C(=O)O)CC[C@@]45C)C3(C)C)OC[C@@H](O[C@H]3O[C@@H](CO)[C@H](O)[C@@H](O)[C@@H]3O)[C@@H]2O)[C@H](O)[C@H](O)[C@@H]1O. The number of aliphatic hydroxyl groups is 8. The van der Waals surface area contributed by atoms with E-state index in [9.17, 15) is 50.8 Å². The van der Waals surface area contributed by atoms with E-state index < -0.39 is 109 Å². The van der Waals surface area contributed by atoms with E-state index in [4.69, 9.17) is 28.4 Å². The first kappa shape index (κ1) is 48.1. The monoisotopic (exact) mass is 897 g/mol. The summed E-state index contributed by atoms with van der Waals surface area (Å²) in [4.78, 5) is 13.1. The van der Waals surface area contributed by atoms with Crippen LogP contribution in [0.15, 0.2) is 11.6 Å². The molecule has 63 heavy (non-hydrogen) atoms. The van der Waals surface area contributed by atoms with Gasteiger partial charge in [-0.1, -0.05) is 60.1 Å². The Morgan fingerprint density at radius 3 is 2.03 bits per heavy atom. The molecule has 8 aliphatic rings. The van der Waals surface area contributed by atoms with Crippen LogP contribution in [0.4, 0.5) is 0 Å². The average Bonchev–Trinajstić information content (AvgIpc) is 3.22. The molecular formula is C47H76O16. The van der Waals surface area contributed by atoms with Crippen LogP contribution in [0, 0.1) is 50.2 Å². The molecule has 0 radical (unpaired) electrons. The van der Waals surface area contributed by atoms with Gasteiger partial charge in [0.1, 0.15) is 61.0 Å². The molecular weight excluding hydrogens is 821 g/mol. The lowest BCUT2D eigenvalue weighted by Gasteiger charge is -2.71. The fraction of sp³-hybridized carbons (Fsp3) is 0.936. The van der Waals surface area contributed by atoms with E-state index in [0.29, 0.717) is 18.8 Å². The third-order valence-electron chi connectivity index (χ3n) is 19.0. The zero-order valence-electron chi connectivity index (χ0n) is 38.3. The summed E-state index contributed by atoms with van der Waals surface area (Å²) in [5.74, 6) is -0.0288. The summed E-state index contributed by atoms with van der Waals surface area (Å²) in [6.45, 7) is 17.0. The molecule has 3 aliphatic heterocycles. The molecule has 0 aromatic rings. The van der Waals surface area contributed by atoms with Gasteiger partial charge in [0, 0.05) is 0 Å². The van der Waals surface area contributed by atoms with E-state index in [0.717, 1.165) is 51.4 Å². The second kappa shape index (κ2) is 16.7. The van der Waals surface area contributed by atoms with E-state index in [1.165, 1.54) is 12.5 Å². The van der Waals surface area contributed by atoms with Crippen LogP contribution in [0.5, 0.6) is 0 Å². The third kappa shape index (κ3) is 7.51. The Morgan fingerprint density at radius 1 is 0.714 bits per heavy atom. The molecule has 0 spiro atoms. The topological polar surface area (TPSA) is 255 Å². The predicted octanol–water partition coefficient (Wildman–Crippen LogP) is 2.37. The van der Waals surface area contributed by atoms with Crippen LogP contribution >= 0.6 is 0 Å². The Hall–Kier alpha value is -1.35.